The number of benzene rings is 1. The molecule has 2 aliphatic rings. The summed E-state index contributed by atoms with van der Waals surface area (Å²) in [6, 6.07) is 9.33. The third-order valence-electron chi connectivity index (χ3n) is 10.2. The number of fused-ring (bicyclic) bond motifs is 1. The Kier molecular flexibility index (Phi) is 12.8. The molecule has 1 aliphatic carbocycles. The molecule has 11 nitrogen and oxygen atoms in total. The minimum absolute atomic E-state index is 0.0799. The van der Waals surface area contributed by atoms with Gasteiger partial charge in [0.25, 0.3) is 5.91 Å². The second-order valence-corrected chi connectivity index (χ2v) is 18.7. The van der Waals surface area contributed by atoms with Gasteiger partial charge >= 0.3 is 0 Å². The van der Waals surface area contributed by atoms with Gasteiger partial charge in [0, 0.05) is 36.1 Å². The highest BCUT2D eigenvalue weighted by atomic mass is 35.5. The molecule has 4 N–H and O–H groups in total. The summed E-state index contributed by atoms with van der Waals surface area (Å²) < 4.78 is 24.4. The molecule has 276 valence electrons. The highest BCUT2D eigenvalue weighted by Crippen LogP contribution is 2.39. The highest BCUT2D eigenvalue weighted by Gasteiger charge is 2.46. The number of aryl methyl sites for hydroxylation is 1. The molecule has 6 unspecified atom stereocenters. The lowest BCUT2D eigenvalue weighted by Gasteiger charge is -2.47. The molecule has 0 radical (unpaired) electrons. The highest BCUT2D eigenvalue weighted by molar-refractivity contribution is 7.92. The number of carbonyl (C=O) groups excluding carboxylic acids is 3. The average Bonchev–Trinajstić information content (AvgIpc) is 3.01. The first-order valence-corrected chi connectivity index (χ1v) is 19.7. The Morgan fingerprint density at radius 3 is 2.26 bits per heavy atom. The van der Waals surface area contributed by atoms with Gasteiger partial charge in [0.1, 0.15) is 11.2 Å². The predicted octanol–water partition coefficient (Wildman–Crippen LogP) is 3.85. The monoisotopic (exact) mass is 731 g/mol. The fourth-order valence-electron chi connectivity index (χ4n) is 7.15. The second-order valence-electron chi connectivity index (χ2n) is 15.7. The topological polar surface area (TPSA) is 158 Å². The fourth-order valence-corrected chi connectivity index (χ4v) is 8.00. The Morgan fingerprint density at radius 1 is 1.02 bits per heavy atom. The first-order chi connectivity index (χ1) is 23.2. The van der Waals surface area contributed by atoms with Crippen LogP contribution in [0.3, 0.4) is 0 Å². The van der Waals surface area contributed by atoms with Gasteiger partial charge in [-0.15, -0.1) is 0 Å². The molecule has 0 spiro atoms. The number of amides is 3. The maximum absolute atomic E-state index is 14.2. The number of nitrogens with one attached hydrogen (secondary N) is 3. The van der Waals surface area contributed by atoms with Gasteiger partial charge in [-0.3, -0.25) is 19.3 Å². The van der Waals surface area contributed by atoms with E-state index in [0.29, 0.717) is 30.5 Å². The van der Waals surface area contributed by atoms with Crippen molar-refractivity contribution in [1.82, 2.24) is 25.8 Å². The Hall–Kier alpha value is -3.06. The van der Waals surface area contributed by atoms with Crippen molar-refractivity contribution in [2.45, 2.75) is 115 Å². The van der Waals surface area contributed by atoms with Crippen LogP contribution >= 0.6 is 11.6 Å². The summed E-state index contributed by atoms with van der Waals surface area (Å²) in [5.41, 5.74) is 1.01. The third-order valence-corrected chi connectivity index (χ3v) is 12.5. The standard InChI is InChI=1S/C37H54ClN5O6S/c1-23-17-27(20-31(38)39-23)33(45)41-32(37(5,6)50(7,48)49)35(47)40-28(18-24-13-9-8-10-14-24)30(44)22-43-21-26-16-12-11-15-25(26)19-29(43)34(46)42-36(2,3)4/h8-10,13-14,17,20,25-26,28-30,32,44H,11-12,15-16,18-19,21-22H2,1-7H3,(H,40,47)(H,41,45)(H,42,46). The number of aliphatic hydroxyl groups is 1. The number of nitrogens with zero attached hydrogens (tertiary/aromatic N) is 2. The van der Waals surface area contributed by atoms with Gasteiger partial charge < -0.3 is 21.1 Å². The van der Waals surface area contributed by atoms with Crippen molar-refractivity contribution in [2.75, 3.05) is 19.3 Å². The lowest BCUT2D eigenvalue weighted by atomic mass is 9.72. The summed E-state index contributed by atoms with van der Waals surface area (Å²) in [6.07, 6.45) is 5.25. The maximum atomic E-state index is 14.2. The van der Waals surface area contributed by atoms with E-state index in [1.807, 2.05) is 51.1 Å². The van der Waals surface area contributed by atoms with E-state index in [2.05, 4.69) is 25.8 Å². The summed E-state index contributed by atoms with van der Waals surface area (Å²) in [5, 5.41) is 20.7. The number of pyridine rings is 1. The van der Waals surface area contributed by atoms with Crippen LogP contribution in [-0.2, 0) is 25.8 Å². The van der Waals surface area contributed by atoms with Crippen molar-refractivity contribution in [3.63, 3.8) is 0 Å². The van der Waals surface area contributed by atoms with Crippen LogP contribution in [0.5, 0.6) is 0 Å². The van der Waals surface area contributed by atoms with E-state index in [9.17, 15) is 27.9 Å². The van der Waals surface area contributed by atoms with E-state index >= 15 is 0 Å². The summed E-state index contributed by atoms with van der Waals surface area (Å²) >= 11 is 6.09. The molecule has 6 atom stereocenters. The molecule has 1 aliphatic heterocycles. The van der Waals surface area contributed by atoms with Gasteiger partial charge in [0.2, 0.25) is 11.8 Å². The smallest absolute Gasteiger partial charge is 0.252 e. The Morgan fingerprint density at radius 2 is 1.66 bits per heavy atom. The van der Waals surface area contributed by atoms with Crippen molar-refractivity contribution in [2.24, 2.45) is 11.8 Å². The van der Waals surface area contributed by atoms with Gasteiger partial charge in [-0.1, -0.05) is 61.2 Å². The van der Waals surface area contributed by atoms with Gasteiger partial charge in [-0.25, -0.2) is 13.4 Å². The SMILES string of the molecule is Cc1cc(C(=O)NC(C(=O)NC(Cc2ccccc2)C(O)CN2CC3CCCCC3CC2C(=O)NC(C)(C)C)C(C)(C)S(C)(=O)=O)cc(Cl)n1. The van der Waals surface area contributed by atoms with Crippen LogP contribution in [-0.4, -0.2) is 95.0 Å². The number of rotatable bonds is 12. The molecular formula is C37H54ClN5O6S. The average molecular weight is 732 g/mol. The molecular weight excluding hydrogens is 678 g/mol. The second kappa shape index (κ2) is 16.1. The van der Waals surface area contributed by atoms with Gasteiger partial charge in [0.15, 0.2) is 9.84 Å². The lowest BCUT2D eigenvalue weighted by Crippen LogP contribution is -2.64. The van der Waals surface area contributed by atoms with Gasteiger partial charge in [-0.05, 0) is 90.3 Å². The molecule has 2 aromatic rings. The normalized spacial score (nSPS) is 22.1. The molecule has 1 saturated heterocycles. The van der Waals surface area contributed by atoms with Crippen molar-refractivity contribution < 1.29 is 27.9 Å². The van der Waals surface area contributed by atoms with Crippen molar-refractivity contribution in [3.8, 4) is 0 Å². The number of sulfone groups is 1. The van der Waals surface area contributed by atoms with Crippen molar-refractivity contribution in [3.05, 3.63) is 64.4 Å². The number of β-amino-alcohol motifs (C(OH)–C–C–N with tert-alkyl or cyclic N) is 1. The van der Waals surface area contributed by atoms with E-state index in [0.717, 1.165) is 37.5 Å². The maximum Gasteiger partial charge on any atom is 0.252 e. The number of hydrogen-bond acceptors (Lipinski definition) is 8. The molecule has 3 amide bonds. The molecule has 1 aromatic heterocycles. The summed E-state index contributed by atoms with van der Waals surface area (Å²) in [7, 11) is -3.90. The fraction of sp³-hybridized carbons (Fsp3) is 0.622. The number of likely N-dealkylation sites (tertiary alicyclic amines) is 1. The zero-order valence-corrected chi connectivity index (χ0v) is 31.9. The molecule has 13 heteroatoms. The Labute approximate surface area is 302 Å². The number of aliphatic hydroxyl groups excluding tert-OH is 1. The van der Waals surface area contributed by atoms with Crippen molar-refractivity contribution >= 4 is 39.2 Å². The van der Waals surface area contributed by atoms with E-state index in [-0.39, 0.29) is 29.6 Å². The summed E-state index contributed by atoms with van der Waals surface area (Å²) in [5.74, 6) is -0.691. The molecule has 2 fully saturated rings. The van der Waals surface area contributed by atoms with Gasteiger partial charge in [-0.2, -0.15) is 0 Å². The zero-order valence-electron chi connectivity index (χ0n) is 30.3. The van der Waals surface area contributed by atoms with Crippen LogP contribution in [0, 0.1) is 18.8 Å². The van der Waals surface area contributed by atoms with Crippen LogP contribution in [0.15, 0.2) is 42.5 Å². The van der Waals surface area contributed by atoms with Crippen LogP contribution in [0.1, 0.15) is 88.3 Å². The van der Waals surface area contributed by atoms with Crippen LogP contribution < -0.4 is 16.0 Å². The van der Waals surface area contributed by atoms with E-state index in [1.54, 1.807) is 6.92 Å². The minimum Gasteiger partial charge on any atom is -0.390 e. The Balaban J connectivity index is 1.64. The minimum atomic E-state index is -3.90. The number of aromatic nitrogens is 1. The van der Waals surface area contributed by atoms with Crippen LogP contribution in [0.2, 0.25) is 5.15 Å². The molecule has 1 aromatic carbocycles. The van der Waals surface area contributed by atoms with Crippen molar-refractivity contribution in [1.29, 1.82) is 0 Å². The quantitative estimate of drug-likeness (QED) is 0.240. The number of carbonyl (C=O) groups is 3. The molecule has 2 heterocycles. The molecule has 0 bridgehead atoms. The van der Waals surface area contributed by atoms with E-state index < -0.39 is 56.2 Å². The number of piperidine rings is 1. The van der Waals surface area contributed by atoms with E-state index in [4.69, 9.17) is 11.6 Å². The van der Waals surface area contributed by atoms with Crippen LogP contribution in [0.25, 0.3) is 0 Å². The first-order valence-electron chi connectivity index (χ1n) is 17.5. The van der Waals surface area contributed by atoms with Gasteiger partial charge in [0.05, 0.1) is 22.9 Å². The predicted molar refractivity (Wildman–Crippen MR) is 196 cm³/mol. The molecule has 4 rings (SSSR count). The molecule has 1 saturated carbocycles. The van der Waals surface area contributed by atoms with E-state index in [1.165, 1.54) is 26.0 Å². The first kappa shape index (κ1) is 39.7. The third kappa shape index (κ3) is 10.3. The molecule has 50 heavy (non-hydrogen) atoms. The lowest BCUT2D eigenvalue weighted by molar-refractivity contribution is -0.133. The number of halogens is 1. The largest absolute Gasteiger partial charge is 0.390 e. The van der Waals surface area contributed by atoms with Crippen LogP contribution in [0.4, 0.5) is 0 Å². The Bertz CT molecular complexity index is 1610. The summed E-state index contributed by atoms with van der Waals surface area (Å²) in [4.78, 5) is 47.5. The number of hydrogen-bond donors (Lipinski definition) is 4. The summed E-state index contributed by atoms with van der Waals surface area (Å²) in [6.45, 7) is 11.0. The zero-order chi connectivity index (χ0) is 37.0.